The van der Waals surface area contributed by atoms with Crippen molar-refractivity contribution in [1.82, 2.24) is 29.9 Å². The van der Waals surface area contributed by atoms with E-state index in [4.69, 9.17) is 0 Å². The second-order valence-electron chi connectivity index (χ2n) is 8.10. The number of benzene rings is 1. The number of fused-ring (bicyclic) bond motifs is 2. The van der Waals surface area contributed by atoms with Crippen molar-refractivity contribution in [2.24, 2.45) is 0 Å². The molecule has 0 N–H and O–H groups in total. The van der Waals surface area contributed by atoms with Crippen molar-refractivity contribution in [2.45, 2.75) is 0 Å². The molecule has 3 aromatic rings. The zero-order valence-corrected chi connectivity index (χ0v) is 20.3. The molecule has 0 spiro atoms. The van der Waals surface area contributed by atoms with E-state index in [1.165, 1.54) is 24.3 Å². The summed E-state index contributed by atoms with van der Waals surface area (Å²) in [6, 6.07) is 10.3. The average molecular weight is 576 g/mol. The third-order valence-corrected chi connectivity index (χ3v) is 6.08. The van der Waals surface area contributed by atoms with Gasteiger partial charge in [-0.2, -0.15) is 79.0 Å². The number of nitrogens with zero attached hydrogens (tertiary/aromatic N) is 12. The first-order chi connectivity index (χ1) is 20.6. The molecule has 0 atom stereocenters. The van der Waals surface area contributed by atoms with E-state index in [9.17, 15) is 49.1 Å². The number of hydrogen-bond acceptors (Lipinski definition) is 12. The maximum atomic E-state index is 16.8. The van der Waals surface area contributed by atoms with Crippen molar-refractivity contribution in [2.75, 3.05) is 0 Å². The van der Waals surface area contributed by atoms with Crippen LogP contribution < -0.4 is 0 Å². The Hall–Kier alpha value is -7.21. The van der Waals surface area contributed by atoms with Crippen LogP contribution in [0.25, 0.3) is 33.4 Å². The van der Waals surface area contributed by atoms with E-state index in [1.54, 1.807) is 12.1 Å². The van der Waals surface area contributed by atoms with Gasteiger partial charge in [-0.3, -0.25) is 0 Å². The van der Waals surface area contributed by atoms with Gasteiger partial charge in [0.1, 0.15) is 53.4 Å². The van der Waals surface area contributed by atoms with Crippen molar-refractivity contribution < 1.29 is 22.0 Å². The smallest absolute Gasteiger partial charge is 0.206 e. The van der Waals surface area contributed by atoms with Crippen molar-refractivity contribution in [3.05, 3.63) is 81.2 Å². The summed E-state index contributed by atoms with van der Waals surface area (Å²) < 4.78 is 72.7. The van der Waals surface area contributed by atoms with Crippen LogP contribution >= 0.6 is 0 Å². The first kappa shape index (κ1) is 27.4. The lowest BCUT2D eigenvalue weighted by Gasteiger charge is -2.13. The van der Waals surface area contributed by atoms with Crippen molar-refractivity contribution >= 4 is 33.4 Å². The molecule has 0 fully saturated rings. The monoisotopic (exact) mass is 576 g/mol. The Labute approximate surface area is 234 Å². The molecule has 0 saturated heterocycles. The molecule has 0 unspecified atom stereocenters. The van der Waals surface area contributed by atoms with Crippen LogP contribution in [0.3, 0.4) is 0 Å². The van der Waals surface area contributed by atoms with E-state index >= 15 is 4.39 Å². The molecule has 200 valence electrons. The Morgan fingerprint density at radius 2 is 0.837 bits per heavy atom. The van der Waals surface area contributed by atoms with E-state index in [1.807, 2.05) is 0 Å². The molecule has 0 amide bonds. The molecule has 0 saturated carbocycles. The van der Waals surface area contributed by atoms with Crippen LogP contribution in [0.15, 0.2) is 17.2 Å². The highest BCUT2D eigenvalue weighted by Gasteiger charge is 2.42. The predicted octanol–water partition coefficient (Wildman–Crippen LogP) is 3.25. The summed E-state index contributed by atoms with van der Waals surface area (Å²) in [5, 5.41) is 58.7. The van der Waals surface area contributed by atoms with Gasteiger partial charge in [0.2, 0.25) is 0 Å². The minimum Gasteiger partial charge on any atom is -0.206 e. The molecular formula is C26HF5N12. The largest absolute Gasteiger partial charge is 0.314 e. The van der Waals surface area contributed by atoms with Gasteiger partial charge in [-0.1, -0.05) is 0 Å². The fourth-order valence-corrected chi connectivity index (χ4v) is 4.63. The first-order valence-electron chi connectivity index (χ1n) is 11.0. The molecule has 2 heterocycles. The average Bonchev–Trinajstić information content (AvgIpc) is 3.47. The summed E-state index contributed by atoms with van der Waals surface area (Å²) in [7, 11) is 0. The lowest BCUT2D eigenvalue weighted by atomic mass is 9.90. The van der Waals surface area contributed by atoms with Gasteiger partial charge in [-0.15, -0.1) is 0 Å². The minimum atomic E-state index is -1.66. The fraction of sp³-hybridized carbons (Fsp3) is 0. The van der Waals surface area contributed by atoms with Gasteiger partial charge >= 0.3 is 24.3 Å². The van der Waals surface area contributed by atoms with Gasteiger partial charge in [-0.25, -0.2) is 4.39 Å². The molecule has 5 rings (SSSR count). The van der Waals surface area contributed by atoms with Crippen molar-refractivity contribution in [3.8, 4) is 36.4 Å². The van der Waals surface area contributed by atoms with Crippen LogP contribution in [0.4, 0.5) is 22.0 Å². The number of nitriles is 6. The van der Waals surface area contributed by atoms with Crippen molar-refractivity contribution in [3.63, 3.8) is 0 Å². The zero-order chi connectivity index (χ0) is 31.2. The lowest BCUT2D eigenvalue weighted by molar-refractivity contribution is 0.451. The molecular weight excluding hydrogens is 575 g/mol. The summed E-state index contributed by atoms with van der Waals surface area (Å²) >= 11 is 0. The third-order valence-electron chi connectivity index (χ3n) is 6.08. The van der Waals surface area contributed by atoms with Crippen LogP contribution in [0, 0.1) is 98.1 Å². The highest BCUT2D eigenvalue weighted by molar-refractivity contribution is 6.29. The van der Waals surface area contributed by atoms with Gasteiger partial charge < -0.3 is 0 Å². The SMILES string of the molecule is N#CC(C#N)=C1C(c2nc(F)nc(F)n2)=C(C#N)c2cc3c(c(F)c21)C(=C(C#N)C#N)C(c1nc(F)nc(F)n1)=C3C#N. The molecule has 2 aliphatic carbocycles. The number of aromatic nitrogens is 6. The lowest BCUT2D eigenvalue weighted by Crippen LogP contribution is -2.06. The third kappa shape index (κ3) is 3.99. The highest BCUT2D eigenvalue weighted by Crippen LogP contribution is 2.55. The number of allylic oxidation sites excluding steroid dienone is 8. The second kappa shape index (κ2) is 10.1. The number of halogens is 5. The molecule has 2 aromatic heterocycles. The Bertz CT molecular complexity index is 2030. The highest BCUT2D eigenvalue weighted by atomic mass is 19.2. The molecule has 2 aliphatic rings. The van der Waals surface area contributed by atoms with Gasteiger partial charge in [0, 0.05) is 44.5 Å². The zero-order valence-electron chi connectivity index (χ0n) is 20.3. The van der Waals surface area contributed by atoms with Crippen LogP contribution in [-0.2, 0) is 0 Å². The number of hydrogen-bond donors (Lipinski definition) is 0. The summed E-state index contributed by atoms with van der Waals surface area (Å²) in [4.78, 5) is 18.7. The summed E-state index contributed by atoms with van der Waals surface area (Å²) in [5.74, 6) is -3.23. The van der Waals surface area contributed by atoms with Gasteiger partial charge in [0.25, 0.3) is 0 Å². The molecule has 0 aliphatic heterocycles. The van der Waals surface area contributed by atoms with E-state index in [2.05, 4.69) is 29.9 Å². The molecule has 12 nitrogen and oxygen atoms in total. The number of rotatable bonds is 2. The van der Waals surface area contributed by atoms with E-state index in [0.29, 0.717) is 0 Å². The maximum Gasteiger partial charge on any atom is 0.314 e. The van der Waals surface area contributed by atoms with Gasteiger partial charge in [-0.05, 0) is 6.07 Å². The van der Waals surface area contributed by atoms with Crippen LogP contribution in [-0.4, -0.2) is 29.9 Å². The van der Waals surface area contributed by atoms with Crippen LogP contribution in [0.2, 0.25) is 0 Å². The van der Waals surface area contributed by atoms with Gasteiger partial charge in [0.05, 0.1) is 11.1 Å². The second-order valence-corrected chi connectivity index (χ2v) is 8.10. The van der Waals surface area contributed by atoms with Crippen molar-refractivity contribution in [1.29, 1.82) is 31.6 Å². The predicted molar refractivity (Wildman–Crippen MR) is 127 cm³/mol. The summed E-state index contributed by atoms with van der Waals surface area (Å²) in [5.41, 5.74) is -7.89. The normalized spacial score (nSPS) is 12.8. The van der Waals surface area contributed by atoms with Crippen LogP contribution in [0.1, 0.15) is 33.9 Å². The Kier molecular flexibility index (Phi) is 6.41. The quantitative estimate of drug-likeness (QED) is 0.317. The summed E-state index contributed by atoms with van der Waals surface area (Å²) in [6.07, 6.45) is -6.63. The van der Waals surface area contributed by atoms with E-state index in [-0.39, 0.29) is 0 Å². The molecule has 17 heteroatoms. The molecule has 43 heavy (non-hydrogen) atoms. The first-order valence-corrected chi connectivity index (χ1v) is 11.0. The standard InChI is InChI=1S/C26HF5N12/c27-20-16-10(12(6-36)18(14(16)8(2-32)3-33)21-38-23(28)42-24(29)39-21)1-11-13(7-37)19(15(17(11)20)9(4-34)5-35)22-40-25(30)43-26(31)41-22/h1H. The van der Waals surface area contributed by atoms with Gasteiger partial charge in [0.15, 0.2) is 11.6 Å². The topological polar surface area (TPSA) is 220 Å². The Morgan fingerprint density at radius 1 is 0.512 bits per heavy atom. The molecule has 0 bridgehead atoms. The summed E-state index contributed by atoms with van der Waals surface area (Å²) in [6.45, 7) is 0. The fourth-order valence-electron chi connectivity index (χ4n) is 4.63. The maximum absolute atomic E-state index is 16.8. The molecule has 1 aromatic carbocycles. The Morgan fingerprint density at radius 3 is 1.12 bits per heavy atom. The Balaban J connectivity index is 2.01. The van der Waals surface area contributed by atoms with E-state index in [0.717, 1.165) is 6.07 Å². The molecule has 0 radical (unpaired) electrons. The van der Waals surface area contributed by atoms with E-state index < -0.39 is 109 Å². The van der Waals surface area contributed by atoms with Crippen LogP contribution in [0.5, 0.6) is 0 Å². The minimum absolute atomic E-state index is 0.426.